The van der Waals surface area contributed by atoms with Gasteiger partial charge in [-0.2, -0.15) is 0 Å². The molecule has 0 unspecified atom stereocenters. The lowest BCUT2D eigenvalue weighted by Crippen LogP contribution is -2.29. The molecular weight excluding hydrogens is 1720 g/mol. The van der Waals surface area contributed by atoms with Crippen LogP contribution in [0.25, 0.3) is 216 Å². The van der Waals surface area contributed by atoms with Gasteiger partial charge in [-0.3, -0.25) is 0 Å². The lowest BCUT2D eigenvalue weighted by molar-refractivity contribution is 0.669. The second kappa shape index (κ2) is 29.2. The maximum Gasteiger partial charge on any atom is 0.164 e. The zero-order chi connectivity index (χ0) is 92.1. The molecule has 9 heteroatoms. The number of nitrogens with zero attached hydrogens (tertiary/aromatic N) is 6. The van der Waals surface area contributed by atoms with Crippen molar-refractivity contribution in [2.75, 3.05) is 0 Å². The third-order valence-corrected chi connectivity index (χ3v) is 31.3. The first-order chi connectivity index (χ1) is 69.9. The summed E-state index contributed by atoms with van der Waals surface area (Å²) >= 11 is 0. The van der Waals surface area contributed by atoms with E-state index < -0.39 is 16.2 Å². The average molecular weight is 1800 g/mol. The normalized spacial score (nSPS) is 13.7. The summed E-state index contributed by atoms with van der Waals surface area (Å²) in [4.78, 5) is 18.0. The van der Waals surface area contributed by atoms with E-state index in [4.69, 9.17) is 28.2 Å². The number of hydrogen-bond donors (Lipinski definition) is 0. The average Bonchev–Trinajstić information content (AvgIpc) is 1.54. The molecule has 28 aromatic rings. The quantitative estimate of drug-likeness (QED) is 0.121. The van der Waals surface area contributed by atoms with Crippen molar-refractivity contribution in [3.63, 3.8) is 0 Å². The summed E-state index contributed by atoms with van der Waals surface area (Å²) in [7, 11) is 0. The molecular formula is C132H78N6O3. The zero-order valence-electron chi connectivity index (χ0n) is 75.9. The number of rotatable bonds is 12. The molecule has 7 aromatic heterocycles. The highest BCUT2D eigenvalue weighted by atomic mass is 16.3. The molecule has 0 atom stereocenters. The Bertz CT molecular complexity index is 9160. The Morgan fingerprint density at radius 1 is 0.156 bits per heavy atom. The van der Waals surface area contributed by atoms with E-state index in [2.05, 4.69) is 469 Å². The Hall–Kier alpha value is -18.6. The summed E-state index contributed by atoms with van der Waals surface area (Å²) in [5.41, 5.74) is 35.0. The Morgan fingerprint density at radius 3 is 0.638 bits per heavy atom. The number of aromatic nitrogens is 6. The van der Waals surface area contributed by atoms with Crippen LogP contribution in [0.5, 0.6) is 0 Å². The van der Waals surface area contributed by atoms with Gasteiger partial charge in [-0.05, 0) is 209 Å². The second-order valence-corrected chi connectivity index (χ2v) is 38.2. The van der Waals surface area contributed by atoms with Crippen molar-refractivity contribution in [3.8, 4) is 84.6 Å². The van der Waals surface area contributed by atoms with Crippen molar-refractivity contribution in [3.05, 3.63) is 540 Å². The monoisotopic (exact) mass is 1790 g/mol. The molecule has 3 aliphatic rings. The van der Waals surface area contributed by atoms with E-state index in [1.165, 1.54) is 16.2 Å². The van der Waals surface area contributed by atoms with Crippen molar-refractivity contribution in [2.45, 2.75) is 16.2 Å². The molecule has 0 aliphatic heterocycles. The van der Waals surface area contributed by atoms with Crippen LogP contribution in [0.15, 0.2) is 486 Å². The van der Waals surface area contributed by atoms with E-state index in [9.17, 15) is 0 Å². The smallest absolute Gasteiger partial charge is 0.164 e. The molecule has 654 valence electrons. The Labute approximate surface area is 808 Å². The van der Waals surface area contributed by atoms with Crippen LogP contribution in [0.2, 0.25) is 0 Å². The highest BCUT2D eigenvalue weighted by Crippen LogP contribution is 2.63. The topological polar surface area (TPSA) is 92.9 Å². The van der Waals surface area contributed by atoms with Crippen LogP contribution in [0.1, 0.15) is 66.8 Å². The molecule has 9 nitrogen and oxygen atoms in total. The first-order valence-corrected chi connectivity index (χ1v) is 48.4. The van der Waals surface area contributed by atoms with Gasteiger partial charge in [0.05, 0.1) is 49.3 Å². The molecule has 31 rings (SSSR count). The summed E-state index contributed by atoms with van der Waals surface area (Å²) in [6, 6.07) is 175. The number of fused-ring (bicyclic) bond motifs is 27. The summed E-state index contributed by atoms with van der Waals surface area (Å²) in [6.07, 6.45) is 0. The maximum absolute atomic E-state index is 6.73. The van der Waals surface area contributed by atoms with Gasteiger partial charge < -0.3 is 27.0 Å². The fourth-order valence-electron chi connectivity index (χ4n) is 25.4. The molecule has 7 heterocycles. The van der Waals surface area contributed by atoms with Gasteiger partial charge >= 0.3 is 0 Å². The van der Waals surface area contributed by atoms with Gasteiger partial charge in [0.25, 0.3) is 0 Å². The van der Waals surface area contributed by atoms with Crippen molar-refractivity contribution in [1.29, 1.82) is 0 Å². The van der Waals surface area contributed by atoms with E-state index >= 15 is 0 Å². The number of hydrogen-bond acceptors (Lipinski definition) is 6. The van der Waals surface area contributed by atoms with Gasteiger partial charge in [0, 0.05) is 117 Å². The van der Waals surface area contributed by atoms with Gasteiger partial charge in [-0.1, -0.05) is 346 Å². The van der Waals surface area contributed by atoms with Gasteiger partial charge in [-0.15, -0.1) is 0 Å². The van der Waals surface area contributed by atoms with Gasteiger partial charge in [-0.25, -0.2) is 15.0 Å². The summed E-state index contributed by atoms with van der Waals surface area (Å²) < 4.78 is 27.5. The van der Waals surface area contributed by atoms with E-state index in [1.807, 2.05) is 18.2 Å². The van der Waals surface area contributed by atoms with Gasteiger partial charge in [0.1, 0.15) is 33.5 Å². The molecule has 0 saturated carbocycles. The number of benzene rings is 21. The minimum absolute atomic E-state index is 0.528. The molecule has 0 bridgehead atoms. The van der Waals surface area contributed by atoms with Crippen molar-refractivity contribution in [1.82, 2.24) is 28.7 Å². The first-order valence-electron chi connectivity index (χ1n) is 48.4. The van der Waals surface area contributed by atoms with Crippen molar-refractivity contribution < 1.29 is 13.3 Å². The predicted octanol–water partition coefficient (Wildman–Crippen LogP) is 33.0. The largest absolute Gasteiger partial charge is 0.456 e. The second-order valence-electron chi connectivity index (χ2n) is 38.2. The molecule has 0 amide bonds. The Morgan fingerprint density at radius 2 is 0.376 bits per heavy atom. The molecule has 3 aliphatic carbocycles. The van der Waals surface area contributed by atoms with Crippen molar-refractivity contribution in [2.24, 2.45) is 0 Å². The molecule has 0 fully saturated rings. The lowest BCUT2D eigenvalue weighted by atomic mass is 9.67. The summed E-state index contributed by atoms with van der Waals surface area (Å²) in [5, 5.41) is 13.6. The van der Waals surface area contributed by atoms with Gasteiger partial charge in [0.2, 0.25) is 0 Å². The predicted molar refractivity (Wildman–Crippen MR) is 573 cm³/mol. The van der Waals surface area contributed by atoms with Crippen LogP contribution in [0, 0.1) is 0 Å². The van der Waals surface area contributed by atoms with E-state index in [0.717, 1.165) is 249 Å². The zero-order valence-corrected chi connectivity index (χ0v) is 75.9. The number of para-hydroxylation sites is 6. The SMILES string of the molecule is c1ccc(C2(c3ccccc3)c3cc(-c4nc(-c5ccc6c(c5)C(c5ccccc5)(c5ccccc5)c5cc(-n7c8ccccc8c8cc9c(cc87)oc7ccccc79)ccc5-6)nc(-c5ccc6c(c5)C(c5ccccc5)(c5ccccc5)c5cc(-n7c8ccccc8c8cc9c(cc87)oc7ccccc79)ccc5-6)n4)ccc3-c3ccc(-n4c5ccccc5c5cc6c(cc54)oc4ccccc46)cc32)cc1. The molecule has 0 spiro atoms. The van der Waals surface area contributed by atoms with Crippen molar-refractivity contribution >= 4 is 131 Å². The number of furan rings is 3. The maximum atomic E-state index is 6.73. The summed E-state index contributed by atoms with van der Waals surface area (Å²) in [5.74, 6) is 1.58. The van der Waals surface area contributed by atoms with E-state index in [-0.39, 0.29) is 0 Å². The molecule has 0 radical (unpaired) electrons. The fraction of sp³-hybridized carbons (Fsp3) is 0.0227. The fourth-order valence-corrected chi connectivity index (χ4v) is 25.4. The van der Waals surface area contributed by atoms with Crippen LogP contribution in [0.4, 0.5) is 0 Å². The van der Waals surface area contributed by atoms with Gasteiger partial charge in [0.15, 0.2) is 17.5 Å². The molecule has 0 N–H and O–H groups in total. The minimum Gasteiger partial charge on any atom is -0.456 e. The highest BCUT2D eigenvalue weighted by molar-refractivity contribution is 6.21. The highest BCUT2D eigenvalue weighted by Gasteiger charge is 2.51. The van der Waals surface area contributed by atoms with E-state index in [1.54, 1.807) is 0 Å². The minimum atomic E-state index is -0.881. The Kier molecular flexibility index (Phi) is 16.1. The van der Waals surface area contributed by atoms with Crippen LogP contribution in [0.3, 0.4) is 0 Å². The lowest BCUT2D eigenvalue weighted by Gasteiger charge is -2.34. The molecule has 141 heavy (non-hydrogen) atoms. The van der Waals surface area contributed by atoms with E-state index in [0.29, 0.717) is 17.5 Å². The first kappa shape index (κ1) is 77.7. The standard InChI is InChI=1S/C132H78N6O3/c1-7-31-82(32-8-1)130(83-33-9-2-10-34-83)109-67-79(55-61-91(109)94-64-58-88(70-112(94)130)136-115-49-25-19-43-97(115)103-73-106-100-46-22-28-52-121(100)139-124(106)76-118(103)136)127-133-128(80-56-62-92-95-65-59-89(71-113(95)131(110(92)68-80,84-35-11-3-12-36-84)85-37-13-4-14-38-85)137-116-50-26-20-44-98(116)104-74-107-101-47-23-29-53-122(101)140-125(107)77-119(104)137)135-129(134-127)81-57-63-93-96-66-60-90(72-114(96)132(111(93)69-81,86-39-15-5-16-40-86)87-41-17-6-18-42-87)138-117-51-27-21-45-99(117)105-75-108-102-48-24-30-54-123(102)141-126(108)78-120(105)138/h1-78H. The van der Waals surface area contributed by atoms with Crippen LogP contribution in [-0.4, -0.2) is 28.7 Å². The third kappa shape index (κ3) is 10.7. The van der Waals surface area contributed by atoms with Crippen LogP contribution in [-0.2, 0) is 16.2 Å². The van der Waals surface area contributed by atoms with Crippen LogP contribution >= 0.6 is 0 Å². The summed E-state index contributed by atoms with van der Waals surface area (Å²) in [6.45, 7) is 0. The molecule has 0 saturated heterocycles. The molecule has 21 aromatic carbocycles. The van der Waals surface area contributed by atoms with Crippen LogP contribution < -0.4 is 0 Å². The third-order valence-electron chi connectivity index (χ3n) is 31.3. The Balaban J connectivity index is 0.636.